The number of nitrogens with zero attached hydrogens (tertiary/aromatic N) is 2. The van der Waals surface area contributed by atoms with Crippen molar-refractivity contribution in [2.24, 2.45) is 0 Å². The summed E-state index contributed by atoms with van der Waals surface area (Å²) in [5, 5.41) is 0.371. The van der Waals surface area contributed by atoms with Crippen LogP contribution in [0.3, 0.4) is 0 Å². The van der Waals surface area contributed by atoms with E-state index in [2.05, 4.69) is 4.98 Å². The maximum absolute atomic E-state index is 14.0. The summed E-state index contributed by atoms with van der Waals surface area (Å²) in [5.41, 5.74) is 1.43. The number of pyridine rings is 1. The van der Waals surface area contributed by atoms with E-state index in [1.807, 2.05) is 12.1 Å². The molecule has 3 rings (SSSR count). The predicted octanol–water partition coefficient (Wildman–Crippen LogP) is 4.00. The van der Waals surface area contributed by atoms with E-state index in [0.717, 1.165) is 18.4 Å². The number of aromatic nitrogens is 1. The van der Waals surface area contributed by atoms with Gasteiger partial charge in [-0.25, -0.2) is 4.39 Å². The first kappa shape index (κ1) is 15.9. The highest BCUT2D eigenvalue weighted by atomic mass is 35.5. The molecule has 1 aromatic heterocycles. The highest BCUT2D eigenvalue weighted by Gasteiger charge is 2.33. The van der Waals surface area contributed by atoms with Gasteiger partial charge in [-0.1, -0.05) is 23.7 Å². The Bertz CT molecular complexity index is 668. The van der Waals surface area contributed by atoms with Gasteiger partial charge in [0.15, 0.2) is 0 Å². The molecule has 0 unspecified atom stereocenters. The third-order valence-electron chi connectivity index (χ3n) is 4.05. The molecule has 1 aliphatic carbocycles. The monoisotopic (exact) mass is 332 g/mol. The van der Waals surface area contributed by atoms with Gasteiger partial charge >= 0.3 is 0 Å². The summed E-state index contributed by atoms with van der Waals surface area (Å²) in [6.45, 7) is 0.238. The Hall–Kier alpha value is -1.94. The smallest absolute Gasteiger partial charge is 0.223 e. The van der Waals surface area contributed by atoms with E-state index < -0.39 is 0 Å². The van der Waals surface area contributed by atoms with Crippen molar-refractivity contribution >= 4 is 17.5 Å². The van der Waals surface area contributed by atoms with E-state index in [1.165, 1.54) is 6.07 Å². The average molecular weight is 333 g/mol. The summed E-state index contributed by atoms with van der Waals surface area (Å²) >= 11 is 6.09. The second-order valence-corrected chi connectivity index (χ2v) is 6.22. The van der Waals surface area contributed by atoms with Gasteiger partial charge in [0.25, 0.3) is 0 Å². The summed E-state index contributed by atoms with van der Waals surface area (Å²) in [5.74, 6) is -0.320. The Kier molecular flexibility index (Phi) is 4.91. The molecular weight excluding hydrogens is 315 g/mol. The van der Waals surface area contributed by atoms with Crippen LogP contribution in [0.15, 0.2) is 42.7 Å². The molecule has 1 fully saturated rings. The highest BCUT2D eigenvalue weighted by Crippen LogP contribution is 2.31. The quantitative estimate of drug-likeness (QED) is 0.801. The summed E-state index contributed by atoms with van der Waals surface area (Å²) < 4.78 is 14.0. The van der Waals surface area contributed by atoms with E-state index in [4.69, 9.17) is 11.6 Å². The molecular formula is C18H18ClFN2O. The van der Waals surface area contributed by atoms with Gasteiger partial charge < -0.3 is 4.90 Å². The van der Waals surface area contributed by atoms with Gasteiger partial charge in [-0.2, -0.15) is 0 Å². The van der Waals surface area contributed by atoms with E-state index in [0.29, 0.717) is 23.4 Å². The average Bonchev–Trinajstić information content (AvgIpc) is 3.38. The van der Waals surface area contributed by atoms with E-state index in [1.54, 1.807) is 29.4 Å². The molecule has 0 radical (unpaired) electrons. The molecule has 0 saturated heterocycles. The first-order valence-electron chi connectivity index (χ1n) is 7.76. The Labute approximate surface area is 140 Å². The van der Waals surface area contributed by atoms with E-state index in [9.17, 15) is 9.18 Å². The molecule has 1 saturated carbocycles. The Morgan fingerprint density at radius 1 is 1.30 bits per heavy atom. The molecule has 5 heteroatoms. The number of rotatable bonds is 6. The second-order valence-electron chi connectivity index (χ2n) is 5.81. The SMILES string of the molecule is O=C(CCc1cccnc1)N(Cc1c(F)cccc1Cl)C1CC1. The lowest BCUT2D eigenvalue weighted by molar-refractivity contribution is -0.132. The molecule has 3 nitrogen and oxygen atoms in total. The van der Waals surface area contributed by atoms with Crippen molar-refractivity contribution in [2.45, 2.75) is 38.3 Å². The molecule has 23 heavy (non-hydrogen) atoms. The van der Waals surface area contributed by atoms with E-state index in [-0.39, 0.29) is 24.3 Å². The van der Waals surface area contributed by atoms with Gasteiger partial charge in [0, 0.05) is 35.4 Å². The molecule has 0 bridgehead atoms. The topological polar surface area (TPSA) is 33.2 Å². The minimum absolute atomic E-state index is 0.0377. The van der Waals surface area contributed by atoms with Crippen LogP contribution in [0.1, 0.15) is 30.4 Å². The van der Waals surface area contributed by atoms with Crippen molar-refractivity contribution in [1.29, 1.82) is 0 Å². The fraction of sp³-hybridized carbons (Fsp3) is 0.333. The van der Waals surface area contributed by atoms with Crippen molar-refractivity contribution < 1.29 is 9.18 Å². The van der Waals surface area contributed by atoms with Gasteiger partial charge in [0.1, 0.15) is 5.82 Å². The molecule has 1 aliphatic rings. The van der Waals surface area contributed by atoms with Gasteiger partial charge in [-0.3, -0.25) is 9.78 Å². The molecule has 0 aliphatic heterocycles. The van der Waals surface area contributed by atoms with Crippen molar-refractivity contribution in [3.63, 3.8) is 0 Å². The normalized spacial score (nSPS) is 13.8. The summed E-state index contributed by atoms with van der Waals surface area (Å²) in [6, 6.07) is 8.64. The molecule has 0 atom stereocenters. The minimum atomic E-state index is -0.358. The van der Waals surface area contributed by atoms with E-state index >= 15 is 0 Å². The summed E-state index contributed by atoms with van der Waals surface area (Å²) in [6.07, 6.45) is 6.47. The largest absolute Gasteiger partial charge is 0.335 e. The minimum Gasteiger partial charge on any atom is -0.335 e. The van der Waals surface area contributed by atoms with Crippen LogP contribution in [0.25, 0.3) is 0 Å². The second kappa shape index (κ2) is 7.09. The number of halogens is 2. The van der Waals surface area contributed by atoms with Crippen molar-refractivity contribution in [3.05, 3.63) is 64.7 Å². The zero-order valence-electron chi connectivity index (χ0n) is 12.7. The fourth-order valence-corrected chi connectivity index (χ4v) is 2.82. The number of carbonyl (C=O) groups is 1. The Balaban J connectivity index is 1.68. The lowest BCUT2D eigenvalue weighted by Crippen LogP contribution is -2.33. The molecule has 2 aromatic rings. The summed E-state index contributed by atoms with van der Waals surface area (Å²) in [4.78, 5) is 18.4. The number of hydrogen-bond acceptors (Lipinski definition) is 2. The summed E-state index contributed by atoms with van der Waals surface area (Å²) in [7, 11) is 0. The van der Waals surface area contributed by atoms with Gasteiger partial charge in [-0.15, -0.1) is 0 Å². The number of carbonyl (C=O) groups excluding carboxylic acids is 1. The zero-order valence-corrected chi connectivity index (χ0v) is 13.5. The molecule has 0 spiro atoms. The van der Waals surface area contributed by atoms with Crippen LogP contribution in [0.4, 0.5) is 4.39 Å². The lowest BCUT2D eigenvalue weighted by Gasteiger charge is -2.23. The molecule has 120 valence electrons. The lowest BCUT2D eigenvalue weighted by atomic mass is 10.1. The Morgan fingerprint density at radius 2 is 2.13 bits per heavy atom. The fourth-order valence-electron chi connectivity index (χ4n) is 2.60. The van der Waals surface area contributed by atoms with Crippen LogP contribution in [0.5, 0.6) is 0 Å². The first-order chi connectivity index (χ1) is 11.1. The number of benzene rings is 1. The number of aryl methyl sites for hydroxylation is 1. The molecule has 1 amide bonds. The third kappa shape index (κ3) is 4.08. The number of amides is 1. The predicted molar refractivity (Wildman–Crippen MR) is 87.5 cm³/mol. The molecule has 1 aromatic carbocycles. The van der Waals surface area contributed by atoms with Gasteiger partial charge in [0.05, 0.1) is 6.54 Å². The highest BCUT2D eigenvalue weighted by molar-refractivity contribution is 6.31. The van der Waals surface area contributed by atoms with Crippen molar-refractivity contribution in [3.8, 4) is 0 Å². The standard InChI is InChI=1S/C18H18ClFN2O/c19-16-4-1-5-17(20)15(16)12-22(14-7-8-14)18(23)9-6-13-3-2-10-21-11-13/h1-5,10-11,14H,6-9,12H2. The van der Waals surface area contributed by atoms with Crippen LogP contribution in [0, 0.1) is 5.82 Å². The Morgan fingerprint density at radius 3 is 2.78 bits per heavy atom. The van der Waals surface area contributed by atoms with Crippen molar-refractivity contribution in [2.75, 3.05) is 0 Å². The van der Waals surface area contributed by atoms with Gasteiger partial charge in [-0.05, 0) is 43.0 Å². The van der Waals surface area contributed by atoms with Crippen LogP contribution in [0.2, 0.25) is 5.02 Å². The van der Waals surface area contributed by atoms with Crippen LogP contribution < -0.4 is 0 Å². The third-order valence-corrected chi connectivity index (χ3v) is 4.40. The maximum atomic E-state index is 14.0. The van der Waals surface area contributed by atoms with Crippen LogP contribution in [-0.4, -0.2) is 21.8 Å². The zero-order chi connectivity index (χ0) is 16.2. The van der Waals surface area contributed by atoms with Crippen LogP contribution in [-0.2, 0) is 17.8 Å². The molecule has 1 heterocycles. The molecule has 0 N–H and O–H groups in total. The van der Waals surface area contributed by atoms with Crippen molar-refractivity contribution in [1.82, 2.24) is 9.88 Å². The first-order valence-corrected chi connectivity index (χ1v) is 8.14. The van der Waals surface area contributed by atoms with Crippen LogP contribution >= 0.6 is 11.6 Å². The number of hydrogen-bond donors (Lipinski definition) is 0. The van der Waals surface area contributed by atoms with Gasteiger partial charge in [0.2, 0.25) is 5.91 Å². The maximum Gasteiger partial charge on any atom is 0.223 e.